The zero-order valence-corrected chi connectivity index (χ0v) is 13.8. The monoisotopic (exact) mass is 310 g/mol. The number of ether oxygens (including phenoxy) is 3. The van der Waals surface area contributed by atoms with Crippen molar-refractivity contribution in [1.29, 1.82) is 0 Å². The molecule has 3 rings (SSSR count). The Morgan fingerprint density at radius 2 is 2.18 bits per heavy atom. The molecule has 5 heteroatoms. The van der Waals surface area contributed by atoms with Gasteiger partial charge in [-0.15, -0.1) is 0 Å². The average molecular weight is 310 g/mol. The lowest BCUT2D eigenvalue weighted by Gasteiger charge is -2.55. The van der Waals surface area contributed by atoms with Crippen LogP contribution in [0.5, 0.6) is 0 Å². The fraction of sp³-hybridized carbons (Fsp3) is 0.765. The van der Waals surface area contributed by atoms with Crippen molar-refractivity contribution in [3.8, 4) is 0 Å². The second-order valence-electron chi connectivity index (χ2n) is 6.87. The van der Waals surface area contributed by atoms with Gasteiger partial charge in [0.1, 0.15) is 18.2 Å². The maximum atomic E-state index is 12.5. The van der Waals surface area contributed by atoms with Crippen molar-refractivity contribution < 1.29 is 23.8 Å². The van der Waals surface area contributed by atoms with Crippen molar-refractivity contribution in [1.82, 2.24) is 0 Å². The molecule has 0 N–H and O–H groups in total. The highest BCUT2D eigenvalue weighted by atomic mass is 16.7. The number of rotatable bonds is 7. The first kappa shape index (κ1) is 17.2. The molecule has 3 aliphatic rings. The first-order chi connectivity index (χ1) is 10.3. The van der Waals surface area contributed by atoms with Crippen LogP contribution in [0.1, 0.15) is 46.0 Å². The third kappa shape index (κ3) is 3.25. The Morgan fingerprint density at radius 3 is 2.73 bits per heavy atom. The lowest BCUT2D eigenvalue weighted by atomic mass is 9.52. The van der Waals surface area contributed by atoms with Crippen molar-refractivity contribution in [3.05, 3.63) is 12.2 Å². The molecule has 0 saturated heterocycles. The third-order valence-corrected chi connectivity index (χ3v) is 4.95. The molecule has 3 atom stereocenters. The van der Waals surface area contributed by atoms with Gasteiger partial charge in [-0.2, -0.15) is 0 Å². The highest BCUT2D eigenvalue weighted by Gasteiger charge is 2.59. The van der Waals surface area contributed by atoms with Crippen LogP contribution in [0.2, 0.25) is 0 Å². The number of carbonyl (C=O) groups excluding carboxylic acids is 2. The fourth-order valence-corrected chi connectivity index (χ4v) is 4.04. The molecule has 124 valence electrons. The van der Waals surface area contributed by atoms with E-state index in [0.717, 1.165) is 18.4 Å². The largest absolute Gasteiger partial charge is 0.454 e. The van der Waals surface area contributed by atoms with Crippen molar-refractivity contribution in [3.63, 3.8) is 0 Å². The number of methoxy groups -OCH3 is 1. The summed E-state index contributed by atoms with van der Waals surface area (Å²) >= 11 is 0. The molecule has 22 heavy (non-hydrogen) atoms. The summed E-state index contributed by atoms with van der Waals surface area (Å²) < 4.78 is 15.9. The summed E-state index contributed by atoms with van der Waals surface area (Å²) in [6.45, 7) is 8.29. The molecule has 0 amide bonds. The van der Waals surface area contributed by atoms with Crippen LogP contribution in [-0.4, -0.2) is 37.9 Å². The number of ketones is 1. The fourth-order valence-electron chi connectivity index (χ4n) is 4.04. The molecule has 2 bridgehead atoms. The summed E-state index contributed by atoms with van der Waals surface area (Å²) in [4.78, 5) is 24.1. The molecular formula is C17H26O5. The third-order valence-electron chi connectivity index (χ3n) is 4.95. The Morgan fingerprint density at radius 1 is 1.45 bits per heavy atom. The molecule has 3 fully saturated rings. The molecule has 3 unspecified atom stereocenters. The van der Waals surface area contributed by atoms with Crippen LogP contribution in [0.4, 0.5) is 0 Å². The van der Waals surface area contributed by atoms with E-state index in [1.54, 1.807) is 7.11 Å². The topological polar surface area (TPSA) is 61.8 Å². The number of esters is 1. The van der Waals surface area contributed by atoms with E-state index in [0.29, 0.717) is 25.9 Å². The molecule has 0 aliphatic heterocycles. The van der Waals surface area contributed by atoms with Gasteiger partial charge in [0.05, 0.1) is 12.5 Å². The Hall–Kier alpha value is -1.20. The quantitative estimate of drug-likeness (QED) is 0.313. The van der Waals surface area contributed by atoms with Gasteiger partial charge in [0.25, 0.3) is 0 Å². The number of Topliss-reactive ketones (excluding diaryl/α,β-unsaturated/α-hetero) is 1. The van der Waals surface area contributed by atoms with Gasteiger partial charge in [-0.25, -0.2) is 0 Å². The molecule has 5 nitrogen and oxygen atoms in total. The van der Waals surface area contributed by atoms with Crippen LogP contribution in [0.15, 0.2) is 12.2 Å². The summed E-state index contributed by atoms with van der Waals surface area (Å²) in [6.07, 6.45) is 3.57. The summed E-state index contributed by atoms with van der Waals surface area (Å²) in [6, 6.07) is 0. The minimum absolute atomic E-state index is 0.0996. The van der Waals surface area contributed by atoms with Gasteiger partial charge in [-0.3, -0.25) is 9.59 Å². The Balaban J connectivity index is 2.19. The van der Waals surface area contributed by atoms with Crippen molar-refractivity contribution in [2.24, 2.45) is 11.3 Å². The van der Waals surface area contributed by atoms with Crippen LogP contribution >= 0.6 is 0 Å². The molecular weight excluding hydrogens is 284 g/mol. The number of hydrogen-bond acceptors (Lipinski definition) is 5. The van der Waals surface area contributed by atoms with E-state index in [1.165, 1.54) is 6.92 Å². The van der Waals surface area contributed by atoms with Gasteiger partial charge < -0.3 is 14.2 Å². The Kier molecular flexibility index (Phi) is 5.07. The van der Waals surface area contributed by atoms with E-state index in [-0.39, 0.29) is 29.9 Å². The molecule has 3 aliphatic carbocycles. The van der Waals surface area contributed by atoms with Crippen LogP contribution in [0.3, 0.4) is 0 Å². The molecule has 0 aromatic rings. The van der Waals surface area contributed by atoms with E-state index in [2.05, 4.69) is 13.5 Å². The van der Waals surface area contributed by atoms with E-state index in [1.807, 2.05) is 0 Å². The van der Waals surface area contributed by atoms with Crippen LogP contribution in [-0.2, 0) is 23.8 Å². The number of carbonyl (C=O) groups is 2. The predicted molar refractivity (Wildman–Crippen MR) is 81.2 cm³/mol. The molecule has 0 heterocycles. The molecule has 0 spiro atoms. The zero-order valence-electron chi connectivity index (χ0n) is 13.8. The normalized spacial score (nSPS) is 33.8. The summed E-state index contributed by atoms with van der Waals surface area (Å²) in [7, 11) is 1.56. The SMILES string of the molecule is C=C(CCOCOC)C1(OC(C)=O)CC2(C)CCC1C(=O)C2. The van der Waals surface area contributed by atoms with Crippen LogP contribution < -0.4 is 0 Å². The molecule has 0 aromatic heterocycles. The smallest absolute Gasteiger partial charge is 0.303 e. The number of hydrogen-bond donors (Lipinski definition) is 0. The van der Waals surface area contributed by atoms with Gasteiger partial charge in [0, 0.05) is 20.5 Å². The average Bonchev–Trinajstić information content (AvgIpc) is 2.41. The first-order valence-corrected chi connectivity index (χ1v) is 7.80. The highest BCUT2D eigenvalue weighted by Crippen LogP contribution is 2.57. The van der Waals surface area contributed by atoms with E-state index >= 15 is 0 Å². The summed E-state index contributed by atoms with van der Waals surface area (Å²) in [5.74, 6) is -0.420. The van der Waals surface area contributed by atoms with Crippen molar-refractivity contribution in [2.45, 2.75) is 51.6 Å². The molecule has 3 saturated carbocycles. The van der Waals surface area contributed by atoms with E-state index < -0.39 is 5.60 Å². The summed E-state index contributed by atoms with van der Waals surface area (Å²) in [5, 5.41) is 0. The Bertz CT molecular complexity index is 472. The maximum absolute atomic E-state index is 12.5. The van der Waals surface area contributed by atoms with Gasteiger partial charge in [-0.1, -0.05) is 13.5 Å². The maximum Gasteiger partial charge on any atom is 0.303 e. The lowest BCUT2D eigenvalue weighted by molar-refractivity contribution is -0.180. The predicted octanol–water partition coefficient (Wildman–Crippen LogP) is 2.63. The summed E-state index contributed by atoms with van der Waals surface area (Å²) in [5.41, 5.74) is -0.176. The van der Waals surface area contributed by atoms with Crippen molar-refractivity contribution in [2.75, 3.05) is 20.5 Å². The van der Waals surface area contributed by atoms with E-state index in [9.17, 15) is 9.59 Å². The minimum atomic E-state index is -0.857. The second kappa shape index (κ2) is 6.50. The van der Waals surface area contributed by atoms with Crippen LogP contribution in [0.25, 0.3) is 0 Å². The van der Waals surface area contributed by atoms with Gasteiger partial charge in [-0.05, 0) is 36.7 Å². The number of fused-ring (bicyclic) bond motifs is 3. The van der Waals surface area contributed by atoms with Gasteiger partial charge in [0.15, 0.2) is 0 Å². The molecule has 0 aromatic carbocycles. The molecule has 0 radical (unpaired) electrons. The first-order valence-electron chi connectivity index (χ1n) is 7.80. The van der Waals surface area contributed by atoms with E-state index in [4.69, 9.17) is 14.2 Å². The highest BCUT2D eigenvalue weighted by molar-refractivity contribution is 5.86. The van der Waals surface area contributed by atoms with Gasteiger partial charge in [0.2, 0.25) is 0 Å². The minimum Gasteiger partial charge on any atom is -0.454 e. The Labute approximate surface area is 132 Å². The van der Waals surface area contributed by atoms with Crippen molar-refractivity contribution >= 4 is 11.8 Å². The second-order valence-corrected chi connectivity index (χ2v) is 6.87. The standard InChI is InChI=1S/C17H26O5/c1-12(6-8-21-11-20-4)17(22-13(2)18)10-16(3)7-5-14(17)15(19)9-16/h14H,1,5-11H2,2-4H3. The van der Waals surface area contributed by atoms with Crippen LogP contribution in [0, 0.1) is 11.3 Å². The zero-order chi connectivity index (χ0) is 16.4. The van der Waals surface area contributed by atoms with Gasteiger partial charge >= 0.3 is 5.97 Å². The lowest BCUT2D eigenvalue weighted by Crippen LogP contribution is -2.58.